The summed E-state index contributed by atoms with van der Waals surface area (Å²) in [5.41, 5.74) is 6.80. The average molecular weight is 434 g/mol. The molecule has 5 rings (SSSR count). The smallest absolute Gasteiger partial charge is 0.257 e. The molecule has 0 spiro atoms. The molecular formula is C26H27NO3S. The monoisotopic (exact) mass is 433 g/mol. The molecule has 2 aromatic rings. The van der Waals surface area contributed by atoms with Gasteiger partial charge in [-0.3, -0.25) is 9.52 Å². The zero-order valence-electron chi connectivity index (χ0n) is 17.9. The minimum atomic E-state index is -1.48. The second kappa shape index (κ2) is 7.79. The van der Waals surface area contributed by atoms with Crippen LogP contribution in [0.25, 0.3) is 10.5 Å². The van der Waals surface area contributed by atoms with E-state index in [-0.39, 0.29) is 12.0 Å². The Bertz CT molecular complexity index is 1130. The summed E-state index contributed by atoms with van der Waals surface area (Å²) in [6.07, 6.45) is 9.40. The molecule has 2 aromatic carbocycles. The summed E-state index contributed by atoms with van der Waals surface area (Å²) >= 11 is 0. The minimum absolute atomic E-state index is 0.0458. The van der Waals surface area contributed by atoms with E-state index in [0.717, 1.165) is 37.0 Å². The third-order valence-electron chi connectivity index (χ3n) is 6.61. The third-order valence-corrected chi connectivity index (χ3v) is 7.75. The van der Waals surface area contributed by atoms with Gasteiger partial charge in [-0.1, -0.05) is 50.3 Å². The Kier molecular flexibility index (Phi) is 5.09. The highest BCUT2D eigenvalue weighted by Crippen LogP contribution is 2.43. The molecule has 1 N–H and O–H groups in total. The fourth-order valence-electron chi connectivity index (χ4n) is 4.76. The number of nitrogens with one attached hydrogen (secondary N) is 1. The van der Waals surface area contributed by atoms with E-state index in [1.54, 1.807) is 0 Å². The number of allylic oxidation sites excluding steroid dienone is 2. The van der Waals surface area contributed by atoms with Crippen LogP contribution in [0.1, 0.15) is 67.9 Å². The standard InChI is InChI=1S/C26H27NO3S/c1-26(2)14-12-17(13-15-26)20-4-3-5-22-21(20)10-11-23(22)30-19-8-6-18(7-9-19)24-16-25(28)27-31(24)29/h3-9,12,16,23H,10-11,13-15H2,1-2H3,(H,27,28)/t23-,31?/m1/s1. The van der Waals surface area contributed by atoms with Crippen molar-refractivity contribution in [1.29, 1.82) is 0 Å². The zero-order valence-corrected chi connectivity index (χ0v) is 18.8. The number of carbonyl (C=O) groups is 1. The Morgan fingerprint density at radius 1 is 1.10 bits per heavy atom. The van der Waals surface area contributed by atoms with Gasteiger partial charge in [0.1, 0.15) is 11.9 Å². The molecule has 3 aliphatic rings. The molecule has 4 nitrogen and oxygen atoms in total. The molecule has 0 radical (unpaired) electrons. The molecule has 1 heterocycles. The van der Waals surface area contributed by atoms with Crippen molar-refractivity contribution in [3.8, 4) is 5.75 Å². The second-order valence-electron chi connectivity index (χ2n) is 9.38. The van der Waals surface area contributed by atoms with Crippen molar-refractivity contribution in [3.63, 3.8) is 0 Å². The molecule has 0 fully saturated rings. The summed E-state index contributed by atoms with van der Waals surface area (Å²) in [6.45, 7) is 4.69. The summed E-state index contributed by atoms with van der Waals surface area (Å²) in [7, 11) is -1.48. The van der Waals surface area contributed by atoms with Gasteiger partial charge < -0.3 is 4.74 Å². The van der Waals surface area contributed by atoms with Gasteiger partial charge in [0.15, 0.2) is 11.0 Å². The summed E-state index contributed by atoms with van der Waals surface area (Å²) in [6, 6.07) is 14.1. The first-order valence-corrected chi connectivity index (χ1v) is 12.1. The molecule has 0 saturated carbocycles. The third kappa shape index (κ3) is 3.99. The van der Waals surface area contributed by atoms with Crippen LogP contribution in [0.2, 0.25) is 0 Å². The maximum absolute atomic E-state index is 12.0. The predicted molar refractivity (Wildman–Crippen MR) is 124 cm³/mol. The Morgan fingerprint density at radius 2 is 1.90 bits per heavy atom. The highest BCUT2D eigenvalue weighted by molar-refractivity contribution is 7.93. The number of carbonyl (C=O) groups excluding carboxylic acids is 1. The van der Waals surface area contributed by atoms with Crippen LogP contribution >= 0.6 is 0 Å². The molecule has 1 aliphatic heterocycles. The highest BCUT2D eigenvalue weighted by atomic mass is 32.2. The van der Waals surface area contributed by atoms with Gasteiger partial charge in [0, 0.05) is 6.08 Å². The molecule has 1 amide bonds. The minimum Gasteiger partial charge on any atom is -0.486 e. The Balaban J connectivity index is 1.35. The molecule has 2 atom stereocenters. The van der Waals surface area contributed by atoms with Crippen molar-refractivity contribution < 1.29 is 13.7 Å². The van der Waals surface area contributed by atoms with Crippen molar-refractivity contribution in [1.82, 2.24) is 4.72 Å². The van der Waals surface area contributed by atoms with Gasteiger partial charge in [-0.05, 0) is 77.5 Å². The number of hydrogen-bond donors (Lipinski definition) is 1. The lowest BCUT2D eigenvalue weighted by Gasteiger charge is -2.29. The van der Waals surface area contributed by atoms with E-state index in [4.69, 9.17) is 4.74 Å². The molecule has 31 heavy (non-hydrogen) atoms. The van der Waals surface area contributed by atoms with E-state index in [2.05, 4.69) is 42.8 Å². The van der Waals surface area contributed by atoms with Crippen LogP contribution in [0.15, 0.2) is 54.6 Å². The van der Waals surface area contributed by atoms with Crippen molar-refractivity contribution in [2.45, 2.75) is 52.1 Å². The first kappa shape index (κ1) is 20.3. The number of amides is 1. The highest BCUT2D eigenvalue weighted by Gasteiger charge is 2.29. The number of hydrogen-bond acceptors (Lipinski definition) is 3. The first-order chi connectivity index (χ1) is 14.9. The topological polar surface area (TPSA) is 55.4 Å². The van der Waals surface area contributed by atoms with E-state index in [1.807, 2.05) is 24.3 Å². The fourth-order valence-corrected chi connectivity index (χ4v) is 5.68. The van der Waals surface area contributed by atoms with Crippen molar-refractivity contribution in [3.05, 3.63) is 76.9 Å². The molecule has 0 saturated heterocycles. The van der Waals surface area contributed by atoms with Crippen LogP contribution in [-0.2, 0) is 22.2 Å². The SMILES string of the molecule is CC1(C)CC=C(c2cccc3c2CC[C@H]3Oc2ccc(C3=CC(=O)NS3=O)cc2)CC1. The lowest BCUT2D eigenvalue weighted by Crippen LogP contribution is -2.16. The van der Waals surface area contributed by atoms with E-state index in [9.17, 15) is 9.00 Å². The first-order valence-electron chi connectivity index (χ1n) is 10.9. The van der Waals surface area contributed by atoms with Gasteiger partial charge >= 0.3 is 0 Å². The zero-order chi connectivity index (χ0) is 21.6. The van der Waals surface area contributed by atoms with Gasteiger partial charge in [0.25, 0.3) is 5.91 Å². The lowest BCUT2D eigenvalue weighted by atomic mass is 9.76. The second-order valence-corrected chi connectivity index (χ2v) is 10.6. The van der Waals surface area contributed by atoms with Crippen LogP contribution in [0, 0.1) is 5.41 Å². The number of fused-ring (bicyclic) bond motifs is 1. The molecular weight excluding hydrogens is 406 g/mol. The van der Waals surface area contributed by atoms with Crippen LogP contribution < -0.4 is 9.46 Å². The van der Waals surface area contributed by atoms with E-state index in [1.165, 1.54) is 34.8 Å². The lowest BCUT2D eigenvalue weighted by molar-refractivity contribution is -0.114. The maximum Gasteiger partial charge on any atom is 0.257 e. The molecule has 1 unspecified atom stereocenters. The van der Waals surface area contributed by atoms with Crippen LogP contribution in [0.3, 0.4) is 0 Å². The Morgan fingerprint density at radius 3 is 2.58 bits per heavy atom. The number of benzene rings is 2. The molecule has 0 aromatic heterocycles. The molecule has 0 bridgehead atoms. The van der Waals surface area contributed by atoms with Gasteiger partial charge in [0.05, 0.1) is 4.91 Å². The normalized spacial score (nSPS) is 24.3. The van der Waals surface area contributed by atoms with Crippen LogP contribution in [0.5, 0.6) is 5.75 Å². The van der Waals surface area contributed by atoms with E-state index < -0.39 is 11.0 Å². The van der Waals surface area contributed by atoms with Gasteiger partial charge in [0.2, 0.25) is 0 Å². The van der Waals surface area contributed by atoms with Crippen molar-refractivity contribution in [2.24, 2.45) is 5.41 Å². The van der Waals surface area contributed by atoms with Gasteiger partial charge in [-0.25, -0.2) is 4.21 Å². The van der Waals surface area contributed by atoms with E-state index in [0.29, 0.717) is 10.3 Å². The van der Waals surface area contributed by atoms with Gasteiger partial charge in [-0.15, -0.1) is 0 Å². The summed E-state index contributed by atoms with van der Waals surface area (Å²) in [5.74, 6) is 0.470. The van der Waals surface area contributed by atoms with E-state index >= 15 is 0 Å². The fraction of sp³-hybridized carbons (Fsp3) is 0.346. The van der Waals surface area contributed by atoms with Crippen molar-refractivity contribution >= 4 is 27.4 Å². The quantitative estimate of drug-likeness (QED) is 0.695. The largest absolute Gasteiger partial charge is 0.486 e. The van der Waals surface area contributed by atoms with Crippen LogP contribution in [0.4, 0.5) is 0 Å². The summed E-state index contributed by atoms with van der Waals surface area (Å²) in [5, 5.41) is 0. The average Bonchev–Trinajstić information content (AvgIpc) is 3.31. The van der Waals surface area contributed by atoms with Crippen LogP contribution in [-0.4, -0.2) is 10.1 Å². The molecule has 2 aliphatic carbocycles. The van der Waals surface area contributed by atoms with Crippen molar-refractivity contribution in [2.75, 3.05) is 0 Å². The Hall–Kier alpha value is -2.66. The van der Waals surface area contributed by atoms with Gasteiger partial charge in [-0.2, -0.15) is 0 Å². The predicted octanol–water partition coefficient (Wildman–Crippen LogP) is 5.48. The summed E-state index contributed by atoms with van der Waals surface area (Å²) in [4.78, 5) is 11.9. The summed E-state index contributed by atoms with van der Waals surface area (Å²) < 4.78 is 20.7. The number of rotatable bonds is 4. The Labute approximate surface area is 186 Å². The number of ether oxygens (including phenoxy) is 1. The maximum atomic E-state index is 12.0. The molecule has 160 valence electrons. The molecule has 5 heteroatoms.